The number of benzene rings is 1. The first-order valence-corrected chi connectivity index (χ1v) is 6.47. The van der Waals surface area contributed by atoms with Crippen molar-refractivity contribution >= 4 is 5.69 Å². The third-order valence-electron chi connectivity index (χ3n) is 2.78. The molecule has 6 nitrogen and oxygen atoms in total. The van der Waals surface area contributed by atoms with Crippen LogP contribution < -0.4 is 10.5 Å². The van der Waals surface area contributed by atoms with Gasteiger partial charge < -0.3 is 19.7 Å². The van der Waals surface area contributed by atoms with Crippen LogP contribution in [0.1, 0.15) is 32.5 Å². The van der Waals surface area contributed by atoms with Crippen molar-refractivity contribution in [1.82, 2.24) is 10.1 Å². The standard InChI is InChI=1S/C14H19N3O3/c1-4-19-14(2,3)13-16-12(20-17-13)9-18-11-8-6-5-7-10(11)15/h5-8H,4,9,15H2,1-3H3. The van der Waals surface area contributed by atoms with Gasteiger partial charge in [0.25, 0.3) is 5.89 Å². The van der Waals surface area contributed by atoms with Crippen LogP contribution in [0, 0.1) is 0 Å². The van der Waals surface area contributed by atoms with Crippen molar-refractivity contribution in [3.63, 3.8) is 0 Å². The van der Waals surface area contributed by atoms with Gasteiger partial charge in [-0.05, 0) is 32.9 Å². The van der Waals surface area contributed by atoms with Gasteiger partial charge in [0.2, 0.25) is 5.82 Å². The van der Waals surface area contributed by atoms with Gasteiger partial charge in [0.15, 0.2) is 6.61 Å². The molecule has 0 bridgehead atoms. The minimum absolute atomic E-state index is 0.170. The van der Waals surface area contributed by atoms with E-state index >= 15 is 0 Å². The Hall–Kier alpha value is -2.08. The predicted molar refractivity (Wildman–Crippen MR) is 74.1 cm³/mol. The molecule has 0 aliphatic heterocycles. The molecule has 6 heteroatoms. The second-order valence-electron chi connectivity index (χ2n) is 4.78. The highest BCUT2D eigenvalue weighted by atomic mass is 16.5. The number of aromatic nitrogens is 2. The van der Waals surface area contributed by atoms with Crippen molar-refractivity contribution in [2.75, 3.05) is 12.3 Å². The highest BCUT2D eigenvalue weighted by Crippen LogP contribution is 2.23. The number of para-hydroxylation sites is 2. The second kappa shape index (κ2) is 5.92. The average molecular weight is 277 g/mol. The summed E-state index contributed by atoms with van der Waals surface area (Å²) >= 11 is 0. The maximum absolute atomic E-state index is 5.79. The minimum atomic E-state index is -0.581. The van der Waals surface area contributed by atoms with Gasteiger partial charge in [-0.2, -0.15) is 4.98 Å². The summed E-state index contributed by atoms with van der Waals surface area (Å²) in [4.78, 5) is 4.28. The monoisotopic (exact) mass is 277 g/mol. The van der Waals surface area contributed by atoms with Gasteiger partial charge in [0, 0.05) is 6.61 Å². The zero-order valence-electron chi connectivity index (χ0n) is 11.9. The molecule has 20 heavy (non-hydrogen) atoms. The van der Waals surface area contributed by atoms with E-state index in [0.29, 0.717) is 29.8 Å². The molecule has 0 fully saturated rings. The van der Waals surface area contributed by atoms with Gasteiger partial charge in [-0.15, -0.1) is 0 Å². The summed E-state index contributed by atoms with van der Waals surface area (Å²) in [7, 11) is 0. The van der Waals surface area contributed by atoms with Gasteiger partial charge in [-0.25, -0.2) is 0 Å². The van der Waals surface area contributed by atoms with E-state index in [1.807, 2.05) is 32.9 Å². The molecule has 0 spiro atoms. The van der Waals surface area contributed by atoms with Crippen LogP contribution in [-0.2, 0) is 16.9 Å². The lowest BCUT2D eigenvalue weighted by atomic mass is 10.1. The first kappa shape index (κ1) is 14.3. The fourth-order valence-electron chi connectivity index (χ4n) is 1.73. The van der Waals surface area contributed by atoms with E-state index in [2.05, 4.69) is 10.1 Å². The summed E-state index contributed by atoms with van der Waals surface area (Å²) in [5.74, 6) is 1.48. The average Bonchev–Trinajstić information content (AvgIpc) is 2.87. The molecule has 2 N–H and O–H groups in total. The first-order chi connectivity index (χ1) is 9.53. The Morgan fingerprint density at radius 2 is 2.05 bits per heavy atom. The quantitative estimate of drug-likeness (QED) is 0.817. The van der Waals surface area contributed by atoms with Crippen LogP contribution in [0.2, 0.25) is 0 Å². The summed E-state index contributed by atoms with van der Waals surface area (Å²) in [5.41, 5.74) is 5.78. The summed E-state index contributed by atoms with van der Waals surface area (Å²) < 4.78 is 16.3. The number of rotatable bonds is 6. The molecule has 1 aromatic carbocycles. The Labute approximate surface area is 117 Å². The normalized spacial score (nSPS) is 11.6. The molecule has 0 aliphatic rings. The fourth-order valence-corrected chi connectivity index (χ4v) is 1.73. The van der Waals surface area contributed by atoms with Crippen LogP contribution in [0.25, 0.3) is 0 Å². The Morgan fingerprint density at radius 3 is 2.75 bits per heavy atom. The summed E-state index contributed by atoms with van der Waals surface area (Å²) in [5, 5.41) is 3.92. The minimum Gasteiger partial charge on any atom is -0.482 e. The Morgan fingerprint density at radius 1 is 1.30 bits per heavy atom. The SMILES string of the molecule is CCOC(C)(C)c1noc(COc2ccccc2N)n1. The van der Waals surface area contributed by atoms with E-state index in [9.17, 15) is 0 Å². The van der Waals surface area contributed by atoms with Crippen LogP contribution in [0.3, 0.4) is 0 Å². The van der Waals surface area contributed by atoms with Gasteiger partial charge in [-0.1, -0.05) is 17.3 Å². The van der Waals surface area contributed by atoms with E-state index in [1.54, 1.807) is 12.1 Å². The van der Waals surface area contributed by atoms with Crippen LogP contribution >= 0.6 is 0 Å². The number of hydrogen-bond donors (Lipinski definition) is 1. The zero-order valence-corrected chi connectivity index (χ0v) is 11.9. The molecule has 2 aromatic rings. The van der Waals surface area contributed by atoms with Crippen molar-refractivity contribution < 1.29 is 14.0 Å². The fraction of sp³-hybridized carbons (Fsp3) is 0.429. The predicted octanol–water partition coefficient (Wildman–Crippen LogP) is 2.50. The van der Waals surface area contributed by atoms with E-state index in [0.717, 1.165) is 0 Å². The Balaban J connectivity index is 2.02. The molecule has 0 atom stereocenters. The summed E-state index contributed by atoms with van der Waals surface area (Å²) in [6, 6.07) is 7.25. The number of nitrogen functional groups attached to an aromatic ring is 1. The molecule has 0 radical (unpaired) electrons. The molecule has 0 saturated heterocycles. The van der Waals surface area contributed by atoms with Gasteiger partial charge in [0.1, 0.15) is 11.4 Å². The van der Waals surface area contributed by atoms with E-state index in [1.165, 1.54) is 0 Å². The largest absolute Gasteiger partial charge is 0.482 e. The number of anilines is 1. The Kier molecular flexibility index (Phi) is 4.24. The van der Waals surface area contributed by atoms with Crippen molar-refractivity contribution in [3.8, 4) is 5.75 Å². The lowest BCUT2D eigenvalue weighted by Crippen LogP contribution is -2.23. The Bertz CT molecular complexity index is 566. The maximum Gasteiger partial charge on any atom is 0.264 e. The lowest BCUT2D eigenvalue weighted by molar-refractivity contribution is -0.0221. The van der Waals surface area contributed by atoms with Crippen LogP contribution in [0.4, 0.5) is 5.69 Å². The van der Waals surface area contributed by atoms with Crippen molar-refractivity contribution in [2.24, 2.45) is 0 Å². The third kappa shape index (κ3) is 3.27. The van der Waals surface area contributed by atoms with Gasteiger partial charge >= 0.3 is 0 Å². The number of ether oxygens (including phenoxy) is 2. The van der Waals surface area contributed by atoms with Gasteiger partial charge in [0.05, 0.1) is 5.69 Å². The van der Waals surface area contributed by atoms with E-state index < -0.39 is 5.60 Å². The molecular formula is C14H19N3O3. The van der Waals surface area contributed by atoms with E-state index in [-0.39, 0.29) is 6.61 Å². The lowest BCUT2D eigenvalue weighted by Gasteiger charge is -2.19. The molecule has 0 unspecified atom stereocenters. The second-order valence-corrected chi connectivity index (χ2v) is 4.78. The van der Waals surface area contributed by atoms with Crippen LogP contribution in [0.5, 0.6) is 5.75 Å². The van der Waals surface area contributed by atoms with Crippen molar-refractivity contribution in [3.05, 3.63) is 36.0 Å². The van der Waals surface area contributed by atoms with Gasteiger partial charge in [-0.3, -0.25) is 0 Å². The molecular weight excluding hydrogens is 258 g/mol. The van der Waals surface area contributed by atoms with E-state index in [4.69, 9.17) is 19.7 Å². The summed E-state index contributed by atoms with van der Waals surface area (Å²) in [6.07, 6.45) is 0. The topological polar surface area (TPSA) is 83.4 Å². The number of nitrogens with zero attached hydrogens (tertiary/aromatic N) is 2. The highest BCUT2D eigenvalue weighted by molar-refractivity contribution is 5.51. The third-order valence-corrected chi connectivity index (χ3v) is 2.78. The van der Waals surface area contributed by atoms with Crippen LogP contribution in [0.15, 0.2) is 28.8 Å². The number of nitrogens with two attached hydrogens (primary N) is 1. The zero-order chi connectivity index (χ0) is 14.6. The molecule has 108 valence electrons. The first-order valence-electron chi connectivity index (χ1n) is 6.47. The molecule has 1 heterocycles. The highest BCUT2D eigenvalue weighted by Gasteiger charge is 2.27. The van der Waals surface area contributed by atoms with Crippen LogP contribution in [-0.4, -0.2) is 16.7 Å². The number of hydrogen-bond acceptors (Lipinski definition) is 6. The molecule has 0 amide bonds. The smallest absolute Gasteiger partial charge is 0.264 e. The van der Waals surface area contributed by atoms with Crippen molar-refractivity contribution in [2.45, 2.75) is 33.0 Å². The molecule has 0 saturated carbocycles. The van der Waals surface area contributed by atoms with Crippen molar-refractivity contribution in [1.29, 1.82) is 0 Å². The molecule has 1 aromatic heterocycles. The maximum atomic E-state index is 5.79. The molecule has 2 rings (SSSR count). The summed E-state index contributed by atoms with van der Waals surface area (Å²) in [6.45, 7) is 6.45. The molecule has 0 aliphatic carbocycles.